The highest BCUT2D eigenvalue weighted by atomic mass is 15.2. The molecule has 0 radical (unpaired) electrons. The summed E-state index contributed by atoms with van der Waals surface area (Å²) >= 11 is 0. The lowest BCUT2D eigenvalue weighted by atomic mass is 10.1. The average Bonchev–Trinajstić information content (AvgIpc) is 3.23. The van der Waals surface area contributed by atoms with E-state index in [0.29, 0.717) is 6.04 Å². The fraction of sp³-hybridized carbons (Fsp3) is 0.250. The molecular weight excluding hydrogens is 248 g/mol. The monoisotopic (exact) mass is 264 g/mol. The van der Waals surface area contributed by atoms with Crippen LogP contribution in [0.1, 0.15) is 30.3 Å². The molecule has 0 spiro atoms. The zero-order chi connectivity index (χ0) is 13.5. The standard InChI is InChI=1S/C16H16N4/c17-12-5-3-11(4-6-12)10-15-19-14-2-1-9-18-16(14)20(15)13-7-8-13/h1-6,9,13H,7-8,10,17H2. The molecule has 1 fully saturated rings. The van der Waals surface area contributed by atoms with Gasteiger partial charge in [0.25, 0.3) is 0 Å². The minimum atomic E-state index is 0.582. The van der Waals surface area contributed by atoms with Gasteiger partial charge in [-0.1, -0.05) is 12.1 Å². The number of rotatable bonds is 3. The number of benzene rings is 1. The Bertz CT molecular complexity index is 754. The Morgan fingerprint density at radius 1 is 1.15 bits per heavy atom. The lowest BCUT2D eigenvalue weighted by Crippen LogP contribution is -2.03. The summed E-state index contributed by atoms with van der Waals surface area (Å²) in [5.41, 5.74) is 9.77. The minimum Gasteiger partial charge on any atom is -0.399 e. The van der Waals surface area contributed by atoms with Gasteiger partial charge in [0.15, 0.2) is 5.65 Å². The lowest BCUT2D eigenvalue weighted by molar-refractivity contribution is 0.709. The number of fused-ring (bicyclic) bond motifs is 1. The van der Waals surface area contributed by atoms with Gasteiger partial charge in [0.05, 0.1) is 0 Å². The predicted octanol–water partition coefficient (Wildman–Crippen LogP) is 2.94. The third-order valence-electron chi connectivity index (χ3n) is 3.78. The van der Waals surface area contributed by atoms with Crippen LogP contribution in [0.5, 0.6) is 0 Å². The third kappa shape index (κ3) is 1.93. The molecule has 4 nitrogen and oxygen atoms in total. The highest BCUT2D eigenvalue weighted by molar-refractivity contribution is 5.71. The van der Waals surface area contributed by atoms with Crippen molar-refractivity contribution >= 4 is 16.9 Å². The molecular formula is C16H16N4. The van der Waals surface area contributed by atoms with E-state index in [1.165, 1.54) is 18.4 Å². The number of hydrogen-bond acceptors (Lipinski definition) is 3. The van der Waals surface area contributed by atoms with Gasteiger partial charge in [-0.05, 0) is 42.7 Å². The largest absolute Gasteiger partial charge is 0.399 e. The molecule has 0 bridgehead atoms. The second-order valence-corrected chi connectivity index (χ2v) is 5.39. The summed E-state index contributed by atoms with van der Waals surface area (Å²) in [5.74, 6) is 1.10. The van der Waals surface area contributed by atoms with Crippen molar-refractivity contribution in [2.24, 2.45) is 0 Å². The van der Waals surface area contributed by atoms with E-state index in [-0.39, 0.29) is 0 Å². The maximum absolute atomic E-state index is 5.74. The fourth-order valence-electron chi connectivity index (χ4n) is 2.64. The first kappa shape index (κ1) is 11.5. The van der Waals surface area contributed by atoms with E-state index in [4.69, 9.17) is 10.7 Å². The molecule has 0 aliphatic heterocycles. The minimum absolute atomic E-state index is 0.582. The van der Waals surface area contributed by atoms with Crippen molar-refractivity contribution in [1.29, 1.82) is 0 Å². The molecule has 2 heterocycles. The first-order valence-electron chi connectivity index (χ1n) is 6.97. The normalized spacial score (nSPS) is 14.8. The van der Waals surface area contributed by atoms with Crippen molar-refractivity contribution in [3.05, 3.63) is 54.0 Å². The highest BCUT2D eigenvalue weighted by Crippen LogP contribution is 2.38. The second-order valence-electron chi connectivity index (χ2n) is 5.39. The molecule has 3 aromatic rings. The number of anilines is 1. The van der Waals surface area contributed by atoms with Crippen LogP contribution in [0, 0.1) is 0 Å². The Morgan fingerprint density at radius 3 is 2.70 bits per heavy atom. The highest BCUT2D eigenvalue weighted by Gasteiger charge is 2.28. The number of hydrogen-bond donors (Lipinski definition) is 1. The number of nitrogen functional groups attached to an aromatic ring is 1. The van der Waals surface area contributed by atoms with Crippen LogP contribution >= 0.6 is 0 Å². The van der Waals surface area contributed by atoms with Crippen LogP contribution in [0.25, 0.3) is 11.2 Å². The molecule has 4 heteroatoms. The third-order valence-corrected chi connectivity index (χ3v) is 3.78. The van der Waals surface area contributed by atoms with E-state index in [1.54, 1.807) is 0 Å². The average molecular weight is 264 g/mol. The zero-order valence-electron chi connectivity index (χ0n) is 11.2. The van der Waals surface area contributed by atoms with Crippen LogP contribution in [-0.4, -0.2) is 14.5 Å². The molecule has 0 saturated heterocycles. The Balaban J connectivity index is 1.78. The zero-order valence-corrected chi connectivity index (χ0v) is 11.2. The summed E-state index contributed by atoms with van der Waals surface area (Å²) in [6.45, 7) is 0. The molecule has 1 aliphatic carbocycles. The smallest absolute Gasteiger partial charge is 0.160 e. The van der Waals surface area contributed by atoms with E-state index in [0.717, 1.165) is 29.1 Å². The van der Waals surface area contributed by atoms with Crippen LogP contribution < -0.4 is 5.73 Å². The Kier molecular flexibility index (Phi) is 2.49. The molecule has 2 aromatic heterocycles. The van der Waals surface area contributed by atoms with Gasteiger partial charge >= 0.3 is 0 Å². The number of nitrogens with two attached hydrogens (primary N) is 1. The summed E-state index contributed by atoms with van der Waals surface area (Å²) in [4.78, 5) is 9.26. The SMILES string of the molecule is Nc1ccc(Cc2nc3cccnc3n2C2CC2)cc1. The van der Waals surface area contributed by atoms with Gasteiger partial charge in [0.2, 0.25) is 0 Å². The second kappa shape index (κ2) is 4.34. The summed E-state index contributed by atoms with van der Waals surface area (Å²) in [6.07, 6.45) is 5.14. The first-order chi connectivity index (χ1) is 9.81. The fourth-order valence-corrected chi connectivity index (χ4v) is 2.64. The van der Waals surface area contributed by atoms with Crippen molar-refractivity contribution in [2.45, 2.75) is 25.3 Å². The Labute approximate surface area is 117 Å². The Morgan fingerprint density at radius 2 is 1.95 bits per heavy atom. The van der Waals surface area contributed by atoms with Gasteiger partial charge in [-0.3, -0.25) is 0 Å². The van der Waals surface area contributed by atoms with Gasteiger partial charge < -0.3 is 10.3 Å². The van der Waals surface area contributed by atoms with E-state index in [1.807, 2.05) is 30.5 Å². The summed E-state index contributed by atoms with van der Waals surface area (Å²) in [5, 5.41) is 0. The van der Waals surface area contributed by atoms with Gasteiger partial charge in [-0.2, -0.15) is 0 Å². The maximum Gasteiger partial charge on any atom is 0.160 e. The number of imidazole rings is 1. The molecule has 20 heavy (non-hydrogen) atoms. The molecule has 4 rings (SSSR count). The molecule has 1 aromatic carbocycles. The van der Waals surface area contributed by atoms with Crippen molar-refractivity contribution < 1.29 is 0 Å². The van der Waals surface area contributed by atoms with Crippen molar-refractivity contribution in [3.63, 3.8) is 0 Å². The number of nitrogens with zero attached hydrogens (tertiary/aromatic N) is 3. The number of pyridine rings is 1. The molecule has 0 amide bonds. The van der Waals surface area contributed by atoms with E-state index in [2.05, 4.69) is 21.7 Å². The topological polar surface area (TPSA) is 56.7 Å². The van der Waals surface area contributed by atoms with Crippen LogP contribution in [-0.2, 0) is 6.42 Å². The summed E-state index contributed by atoms with van der Waals surface area (Å²) < 4.78 is 2.31. The molecule has 2 N–H and O–H groups in total. The Hall–Kier alpha value is -2.36. The summed E-state index contributed by atoms with van der Waals surface area (Å²) in [7, 11) is 0. The van der Waals surface area contributed by atoms with Crippen LogP contribution in [0.2, 0.25) is 0 Å². The van der Waals surface area contributed by atoms with Crippen molar-refractivity contribution in [2.75, 3.05) is 5.73 Å². The molecule has 100 valence electrons. The first-order valence-corrected chi connectivity index (χ1v) is 6.97. The van der Waals surface area contributed by atoms with Gasteiger partial charge in [-0.25, -0.2) is 9.97 Å². The number of aromatic nitrogens is 3. The van der Waals surface area contributed by atoms with Crippen LogP contribution in [0.3, 0.4) is 0 Å². The predicted molar refractivity (Wildman–Crippen MR) is 79.5 cm³/mol. The van der Waals surface area contributed by atoms with Gasteiger partial charge in [0.1, 0.15) is 11.3 Å². The maximum atomic E-state index is 5.74. The molecule has 0 unspecified atom stereocenters. The quantitative estimate of drug-likeness (QED) is 0.740. The van der Waals surface area contributed by atoms with E-state index in [9.17, 15) is 0 Å². The van der Waals surface area contributed by atoms with Crippen LogP contribution in [0.4, 0.5) is 5.69 Å². The molecule has 0 atom stereocenters. The van der Waals surface area contributed by atoms with Gasteiger partial charge in [0, 0.05) is 24.3 Å². The molecule has 1 aliphatic rings. The van der Waals surface area contributed by atoms with Crippen molar-refractivity contribution in [1.82, 2.24) is 14.5 Å². The summed E-state index contributed by atoms with van der Waals surface area (Å²) in [6, 6.07) is 12.6. The van der Waals surface area contributed by atoms with Gasteiger partial charge in [-0.15, -0.1) is 0 Å². The van der Waals surface area contributed by atoms with E-state index >= 15 is 0 Å². The molecule has 1 saturated carbocycles. The van der Waals surface area contributed by atoms with Crippen molar-refractivity contribution in [3.8, 4) is 0 Å². The lowest BCUT2D eigenvalue weighted by Gasteiger charge is -2.07. The van der Waals surface area contributed by atoms with E-state index < -0.39 is 0 Å². The van der Waals surface area contributed by atoms with Crippen LogP contribution in [0.15, 0.2) is 42.6 Å².